The Labute approximate surface area is 203 Å². The van der Waals surface area contributed by atoms with Gasteiger partial charge in [-0.05, 0) is 17.5 Å². The monoisotopic (exact) mass is 495 g/mol. The maximum Gasteiger partial charge on any atom is 0.325 e. The number of carboxylic acid groups (broad SMARTS) is 2. The molecule has 0 radical (unpaired) electrons. The van der Waals surface area contributed by atoms with Gasteiger partial charge in [0.05, 0.1) is 20.6 Å². The fourth-order valence-corrected chi connectivity index (χ4v) is 4.74. The van der Waals surface area contributed by atoms with E-state index in [1.165, 1.54) is 14.2 Å². The maximum atomic E-state index is 12.7. The fourth-order valence-electron chi connectivity index (χ4n) is 3.33. The van der Waals surface area contributed by atoms with Crippen molar-refractivity contribution >= 4 is 41.0 Å². The van der Waals surface area contributed by atoms with E-state index in [1.54, 1.807) is 42.5 Å². The Bertz CT molecular complexity index is 983. The Balaban J connectivity index is 2.52. The molecule has 0 spiro atoms. The van der Waals surface area contributed by atoms with Crippen molar-refractivity contribution in [1.29, 1.82) is 0 Å². The average Bonchev–Trinajstić information content (AvgIpc) is 2.79. The molecule has 2 rings (SSSR count). The van der Waals surface area contributed by atoms with E-state index in [4.69, 9.17) is 21.1 Å². The number of thioether (sulfide) groups is 1. The standard InChI is InChI=1S/C24H30ClNO6S/c1-23(2,14-25)15-26-18-10-6-5-9-17(18)24(22(29)30,12-20(27)28)33-13-16-8-7-11-19(31-3)21(16)32-4/h5-11,26H,12-15H2,1-4H3,(H,27,28)(H,29,30). The highest BCUT2D eigenvalue weighted by atomic mass is 35.5. The van der Waals surface area contributed by atoms with Crippen LogP contribution < -0.4 is 14.8 Å². The second kappa shape index (κ2) is 11.5. The molecule has 1 atom stereocenters. The van der Waals surface area contributed by atoms with E-state index < -0.39 is 23.1 Å². The molecule has 0 saturated heterocycles. The third kappa shape index (κ3) is 6.48. The number of alkyl halides is 1. The highest BCUT2D eigenvalue weighted by Gasteiger charge is 2.45. The third-order valence-electron chi connectivity index (χ3n) is 5.19. The van der Waals surface area contributed by atoms with Crippen LogP contribution in [0.1, 0.15) is 31.4 Å². The lowest BCUT2D eigenvalue weighted by molar-refractivity contribution is -0.146. The number of para-hydroxylation sites is 2. The number of carbonyl (C=O) groups is 2. The van der Waals surface area contributed by atoms with E-state index in [9.17, 15) is 19.8 Å². The summed E-state index contributed by atoms with van der Waals surface area (Å²) in [6.07, 6.45) is -0.600. The van der Waals surface area contributed by atoms with Gasteiger partial charge in [-0.25, -0.2) is 0 Å². The Morgan fingerprint density at radius 1 is 1.06 bits per heavy atom. The molecule has 0 bridgehead atoms. The van der Waals surface area contributed by atoms with Gasteiger partial charge in [0.15, 0.2) is 16.2 Å². The van der Waals surface area contributed by atoms with E-state index in [1.807, 2.05) is 13.8 Å². The van der Waals surface area contributed by atoms with Gasteiger partial charge in [-0.1, -0.05) is 44.2 Å². The zero-order valence-electron chi connectivity index (χ0n) is 19.2. The van der Waals surface area contributed by atoms with Crippen LogP contribution in [0.2, 0.25) is 0 Å². The van der Waals surface area contributed by atoms with Crippen molar-refractivity contribution in [2.24, 2.45) is 5.41 Å². The average molecular weight is 496 g/mol. The lowest BCUT2D eigenvalue weighted by atomic mass is 9.91. The number of nitrogens with one attached hydrogen (secondary N) is 1. The molecule has 0 amide bonds. The van der Waals surface area contributed by atoms with Crippen LogP contribution in [-0.4, -0.2) is 48.8 Å². The Morgan fingerprint density at radius 3 is 2.33 bits per heavy atom. The molecule has 2 aromatic rings. The fraction of sp³-hybridized carbons (Fsp3) is 0.417. The molecule has 2 aromatic carbocycles. The molecule has 0 aromatic heterocycles. The Kier molecular flexibility index (Phi) is 9.31. The molecule has 33 heavy (non-hydrogen) atoms. The summed E-state index contributed by atoms with van der Waals surface area (Å²) in [7, 11) is 3.02. The first-order chi connectivity index (χ1) is 15.6. The molecule has 9 heteroatoms. The summed E-state index contributed by atoms with van der Waals surface area (Å²) in [5.74, 6) is -0.841. The molecular weight excluding hydrogens is 466 g/mol. The van der Waals surface area contributed by atoms with Crippen LogP contribution in [0.3, 0.4) is 0 Å². The van der Waals surface area contributed by atoms with E-state index in [-0.39, 0.29) is 11.2 Å². The van der Waals surface area contributed by atoms with Crippen molar-refractivity contribution in [2.45, 2.75) is 30.8 Å². The SMILES string of the molecule is COc1cccc(CSC(CC(=O)O)(C(=O)O)c2ccccc2NCC(C)(C)CCl)c1OC. The molecule has 7 nitrogen and oxygen atoms in total. The number of carboxylic acids is 2. The zero-order chi connectivity index (χ0) is 24.6. The van der Waals surface area contributed by atoms with Gasteiger partial charge in [0.1, 0.15) is 0 Å². The number of hydrogen-bond acceptors (Lipinski definition) is 6. The van der Waals surface area contributed by atoms with Gasteiger partial charge >= 0.3 is 11.9 Å². The van der Waals surface area contributed by atoms with Crippen LogP contribution >= 0.6 is 23.4 Å². The predicted octanol–water partition coefficient (Wildman–Crippen LogP) is 5.07. The van der Waals surface area contributed by atoms with Crippen molar-refractivity contribution < 1.29 is 29.3 Å². The summed E-state index contributed by atoms with van der Waals surface area (Å²) in [6, 6.07) is 12.2. The molecule has 180 valence electrons. The van der Waals surface area contributed by atoms with Gasteiger partial charge in [0.2, 0.25) is 0 Å². The van der Waals surface area contributed by atoms with Crippen LogP contribution in [0.15, 0.2) is 42.5 Å². The maximum absolute atomic E-state index is 12.7. The van der Waals surface area contributed by atoms with E-state index in [0.717, 1.165) is 11.8 Å². The number of anilines is 1. The first kappa shape index (κ1) is 26.7. The van der Waals surface area contributed by atoms with Gasteiger partial charge in [0.25, 0.3) is 0 Å². The molecular formula is C24H30ClNO6S. The highest BCUT2D eigenvalue weighted by molar-refractivity contribution is 8.00. The molecule has 0 aliphatic heterocycles. The lowest BCUT2D eigenvalue weighted by Gasteiger charge is -2.31. The first-order valence-electron chi connectivity index (χ1n) is 10.3. The van der Waals surface area contributed by atoms with Crippen molar-refractivity contribution in [3.63, 3.8) is 0 Å². The quantitative estimate of drug-likeness (QED) is 0.331. The van der Waals surface area contributed by atoms with E-state index in [2.05, 4.69) is 5.32 Å². The molecule has 0 aliphatic rings. The molecule has 0 aliphatic carbocycles. The number of halogens is 1. The largest absolute Gasteiger partial charge is 0.493 e. The predicted molar refractivity (Wildman–Crippen MR) is 132 cm³/mol. The number of rotatable bonds is 13. The minimum atomic E-state index is -1.74. The molecule has 0 fully saturated rings. The molecule has 1 unspecified atom stereocenters. The molecule has 0 saturated carbocycles. The summed E-state index contributed by atoms with van der Waals surface area (Å²) < 4.78 is 9.06. The van der Waals surface area contributed by atoms with Crippen LogP contribution in [0.5, 0.6) is 11.5 Å². The Morgan fingerprint density at radius 2 is 1.76 bits per heavy atom. The van der Waals surface area contributed by atoms with Crippen LogP contribution in [0.25, 0.3) is 0 Å². The van der Waals surface area contributed by atoms with Crippen molar-refractivity contribution in [2.75, 3.05) is 32.0 Å². The smallest absolute Gasteiger partial charge is 0.325 e. The minimum absolute atomic E-state index is 0.196. The summed E-state index contributed by atoms with van der Waals surface area (Å²) >= 11 is 7.07. The lowest BCUT2D eigenvalue weighted by Crippen LogP contribution is -2.36. The summed E-state index contributed by atoms with van der Waals surface area (Å²) in [5, 5.41) is 23.3. The summed E-state index contributed by atoms with van der Waals surface area (Å²) in [6.45, 7) is 4.47. The summed E-state index contributed by atoms with van der Waals surface area (Å²) in [5.41, 5.74) is 1.40. The van der Waals surface area contributed by atoms with Crippen LogP contribution in [0, 0.1) is 5.41 Å². The van der Waals surface area contributed by atoms with Crippen LogP contribution in [0.4, 0.5) is 5.69 Å². The van der Waals surface area contributed by atoms with Crippen molar-refractivity contribution in [3.05, 3.63) is 53.6 Å². The number of ether oxygens (including phenoxy) is 2. The van der Waals surface area contributed by atoms with E-state index >= 15 is 0 Å². The molecule has 0 heterocycles. The van der Waals surface area contributed by atoms with Gasteiger partial charge < -0.3 is 25.0 Å². The first-order valence-corrected chi connectivity index (χ1v) is 11.8. The number of methoxy groups -OCH3 is 2. The third-order valence-corrected chi connectivity index (χ3v) is 7.40. The normalized spacial score (nSPS) is 13.1. The topological polar surface area (TPSA) is 105 Å². The molecule has 3 N–H and O–H groups in total. The van der Waals surface area contributed by atoms with Gasteiger partial charge in [-0.2, -0.15) is 0 Å². The zero-order valence-corrected chi connectivity index (χ0v) is 20.8. The highest BCUT2D eigenvalue weighted by Crippen LogP contribution is 2.47. The van der Waals surface area contributed by atoms with Crippen molar-refractivity contribution in [3.8, 4) is 11.5 Å². The number of aliphatic carboxylic acids is 2. The van der Waals surface area contributed by atoms with Crippen LogP contribution in [-0.2, 0) is 20.1 Å². The Hall–Kier alpha value is -2.58. The van der Waals surface area contributed by atoms with Gasteiger partial charge in [-0.3, -0.25) is 9.59 Å². The van der Waals surface area contributed by atoms with E-state index in [0.29, 0.717) is 40.7 Å². The van der Waals surface area contributed by atoms with Gasteiger partial charge in [0, 0.05) is 35.0 Å². The van der Waals surface area contributed by atoms with Gasteiger partial charge in [-0.15, -0.1) is 23.4 Å². The second-order valence-corrected chi connectivity index (χ2v) is 9.88. The second-order valence-electron chi connectivity index (χ2n) is 8.34. The minimum Gasteiger partial charge on any atom is -0.493 e. The summed E-state index contributed by atoms with van der Waals surface area (Å²) in [4.78, 5) is 24.5. The number of benzene rings is 2. The number of hydrogen-bond donors (Lipinski definition) is 3. The van der Waals surface area contributed by atoms with Crippen molar-refractivity contribution in [1.82, 2.24) is 0 Å².